The summed E-state index contributed by atoms with van der Waals surface area (Å²) in [5, 5.41) is 19.9. The van der Waals surface area contributed by atoms with Crippen molar-refractivity contribution in [2.45, 2.75) is 18.2 Å². The van der Waals surface area contributed by atoms with Crippen LogP contribution in [-0.2, 0) is 14.8 Å². The molecule has 0 spiro atoms. The number of non-ortho nitro benzene ring substituents is 1. The highest BCUT2D eigenvalue weighted by Crippen LogP contribution is 2.25. The number of pyridine rings is 1. The number of benzene rings is 1. The number of rotatable bonds is 9. The van der Waals surface area contributed by atoms with Crippen LogP contribution in [0, 0.1) is 17.0 Å². The van der Waals surface area contributed by atoms with Crippen molar-refractivity contribution in [3.05, 3.63) is 68.4 Å². The van der Waals surface area contributed by atoms with Crippen LogP contribution in [0.1, 0.15) is 17.5 Å². The van der Waals surface area contributed by atoms with Crippen molar-refractivity contribution in [3.63, 3.8) is 0 Å². The summed E-state index contributed by atoms with van der Waals surface area (Å²) in [6, 6.07) is 7.51. The van der Waals surface area contributed by atoms with Gasteiger partial charge in [0.25, 0.3) is 15.7 Å². The van der Waals surface area contributed by atoms with Gasteiger partial charge in [-0.15, -0.1) is 0 Å². The van der Waals surface area contributed by atoms with Crippen molar-refractivity contribution in [1.82, 2.24) is 18.9 Å². The Morgan fingerprint density at radius 3 is 2.80 bits per heavy atom. The fraction of sp³-hybridized carbons (Fsp3) is 0.364. The number of hydrogen-bond acceptors (Lipinski definition) is 8. The van der Waals surface area contributed by atoms with Gasteiger partial charge in [0.05, 0.1) is 47.5 Å². The van der Waals surface area contributed by atoms with Gasteiger partial charge in [-0.25, -0.2) is 4.52 Å². The first-order chi connectivity index (χ1) is 16.8. The highest BCUT2D eigenvalue weighted by atomic mass is 79.9. The van der Waals surface area contributed by atoms with Gasteiger partial charge < -0.3 is 4.74 Å². The van der Waals surface area contributed by atoms with Crippen molar-refractivity contribution in [1.29, 1.82) is 0 Å². The van der Waals surface area contributed by atoms with Crippen LogP contribution in [0.3, 0.4) is 0 Å². The number of hydrogen-bond donors (Lipinski definition) is 0. The topological polar surface area (TPSA) is 123 Å². The number of aryl methyl sites for hydroxylation is 1. The molecule has 186 valence electrons. The zero-order valence-corrected chi connectivity index (χ0v) is 21.5. The number of morpholine rings is 1. The second-order valence-electron chi connectivity index (χ2n) is 8.08. The molecule has 1 saturated heterocycles. The third-order valence-corrected chi connectivity index (χ3v) is 8.02. The number of hydrazone groups is 1. The van der Waals surface area contributed by atoms with E-state index in [4.69, 9.17) is 4.74 Å². The molecule has 1 aliphatic rings. The maximum absolute atomic E-state index is 13.6. The molecule has 1 aliphatic heterocycles. The van der Waals surface area contributed by atoms with Crippen molar-refractivity contribution in [3.8, 4) is 0 Å². The fourth-order valence-corrected chi connectivity index (χ4v) is 5.64. The first-order valence-electron chi connectivity index (χ1n) is 11.0. The van der Waals surface area contributed by atoms with Crippen LogP contribution in [0.25, 0.3) is 5.52 Å². The van der Waals surface area contributed by atoms with Crippen LogP contribution >= 0.6 is 15.9 Å². The van der Waals surface area contributed by atoms with E-state index in [9.17, 15) is 18.5 Å². The quantitative estimate of drug-likeness (QED) is 0.222. The van der Waals surface area contributed by atoms with Crippen LogP contribution in [0.4, 0.5) is 5.69 Å². The summed E-state index contributed by atoms with van der Waals surface area (Å²) in [5.74, 6) is 0. The van der Waals surface area contributed by atoms with Gasteiger partial charge in [-0.05, 0) is 31.0 Å². The predicted octanol–water partition coefficient (Wildman–Crippen LogP) is 3.06. The molecule has 4 rings (SSSR count). The molecule has 0 radical (unpaired) electrons. The first-order valence-corrected chi connectivity index (χ1v) is 13.2. The van der Waals surface area contributed by atoms with E-state index in [0.717, 1.165) is 33.6 Å². The molecule has 2 aromatic heterocycles. The summed E-state index contributed by atoms with van der Waals surface area (Å²) in [4.78, 5) is 12.7. The zero-order chi connectivity index (χ0) is 25.0. The van der Waals surface area contributed by atoms with Crippen LogP contribution in [0.15, 0.2) is 57.2 Å². The average Bonchev–Trinajstić information content (AvgIpc) is 3.23. The number of aromatic nitrogens is 2. The largest absolute Gasteiger partial charge is 0.379 e. The Kier molecular flexibility index (Phi) is 7.79. The van der Waals surface area contributed by atoms with Gasteiger partial charge in [-0.3, -0.25) is 15.0 Å². The zero-order valence-electron chi connectivity index (χ0n) is 19.1. The average molecular weight is 565 g/mol. The molecule has 0 atom stereocenters. The Bertz CT molecular complexity index is 1350. The van der Waals surface area contributed by atoms with E-state index in [1.807, 2.05) is 12.1 Å². The van der Waals surface area contributed by atoms with E-state index in [2.05, 4.69) is 31.0 Å². The van der Waals surface area contributed by atoms with E-state index in [0.29, 0.717) is 37.3 Å². The lowest BCUT2D eigenvalue weighted by Crippen LogP contribution is -2.38. The second-order valence-corrected chi connectivity index (χ2v) is 10.8. The minimum atomic E-state index is -4.15. The number of sulfonamides is 1. The lowest BCUT2D eigenvalue weighted by Gasteiger charge is -2.27. The molecule has 0 bridgehead atoms. The van der Waals surface area contributed by atoms with Crippen molar-refractivity contribution >= 4 is 43.4 Å². The molecule has 0 unspecified atom stereocenters. The van der Waals surface area contributed by atoms with Crippen molar-refractivity contribution in [2.24, 2.45) is 5.10 Å². The number of nitrogens with zero attached hydrogens (tertiary/aromatic N) is 6. The van der Waals surface area contributed by atoms with Crippen LogP contribution < -0.4 is 0 Å². The number of fused-ring (bicyclic) bond motifs is 1. The van der Waals surface area contributed by atoms with E-state index in [1.165, 1.54) is 18.3 Å². The van der Waals surface area contributed by atoms with Gasteiger partial charge in [0.1, 0.15) is 0 Å². The molecule has 3 aromatic rings. The third kappa shape index (κ3) is 5.86. The highest BCUT2D eigenvalue weighted by Gasteiger charge is 2.27. The summed E-state index contributed by atoms with van der Waals surface area (Å²) in [7, 11) is -4.15. The summed E-state index contributed by atoms with van der Waals surface area (Å²) >= 11 is 3.43. The molecule has 13 heteroatoms. The van der Waals surface area contributed by atoms with Crippen LogP contribution in [-0.4, -0.2) is 77.9 Å². The molecular weight excluding hydrogens is 540 g/mol. The van der Waals surface area contributed by atoms with E-state index in [-0.39, 0.29) is 17.1 Å². The van der Waals surface area contributed by atoms with Crippen LogP contribution in [0.2, 0.25) is 0 Å². The molecule has 0 N–H and O–H groups in total. The van der Waals surface area contributed by atoms with Gasteiger partial charge in [0.2, 0.25) is 0 Å². The number of halogens is 1. The summed E-state index contributed by atoms with van der Waals surface area (Å²) in [6.45, 7) is 5.28. The maximum atomic E-state index is 13.6. The Hall–Kier alpha value is -2.87. The monoisotopic (exact) mass is 564 g/mol. The third-order valence-electron chi connectivity index (χ3n) is 5.70. The van der Waals surface area contributed by atoms with Crippen molar-refractivity contribution in [2.75, 3.05) is 39.4 Å². The molecule has 35 heavy (non-hydrogen) atoms. The fourth-order valence-electron chi connectivity index (χ4n) is 3.79. The molecule has 1 aromatic carbocycles. The lowest BCUT2D eigenvalue weighted by molar-refractivity contribution is -0.385. The number of nitro groups is 1. The Morgan fingerprint density at radius 1 is 1.29 bits per heavy atom. The van der Waals surface area contributed by atoms with Crippen LogP contribution in [0.5, 0.6) is 0 Å². The molecule has 1 fully saturated rings. The SMILES string of the molecule is Cc1ccc([N+](=O)[O-])cc1S(=O)(=O)N(CCCN1CCOCC1)/N=C\c1cnn2ccc(Br)cc12. The maximum Gasteiger partial charge on any atom is 0.279 e. The van der Waals surface area contributed by atoms with Gasteiger partial charge in [-0.1, -0.05) is 22.0 Å². The Balaban J connectivity index is 1.65. The Morgan fingerprint density at radius 2 is 2.06 bits per heavy atom. The highest BCUT2D eigenvalue weighted by molar-refractivity contribution is 9.10. The van der Waals surface area contributed by atoms with Gasteiger partial charge in [0, 0.05) is 48.0 Å². The van der Waals surface area contributed by atoms with Gasteiger partial charge in [-0.2, -0.15) is 23.0 Å². The normalized spacial score (nSPS) is 15.1. The Labute approximate surface area is 211 Å². The standard InChI is InChI=1S/C22H25BrN6O5S/c1-17-3-4-20(29(30)31)14-22(17)35(32,33)28(7-2-6-26-9-11-34-12-10-26)25-16-18-15-24-27-8-5-19(23)13-21(18)27/h3-5,8,13-16H,2,6-7,9-12H2,1H3/b25-16-. The minimum Gasteiger partial charge on any atom is -0.379 e. The molecule has 0 saturated carbocycles. The molecular formula is C22H25BrN6O5S. The summed E-state index contributed by atoms with van der Waals surface area (Å²) in [5.41, 5.74) is 1.50. The van der Waals surface area contributed by atoms with Gasteiger partial charge in [0.15, 0.2) is 0 Å². The minimum absolute atomic E-state index is 0.112. The molecule has 0 aliphatic carbocycles. The lowest BCUT2D eigenvalue weighted by atomic mass is 10.2. The van der Waals surface area contributed by atoms with Crippen molar-refractivity contribution < 1.29 is 18.1 Å². The number of ether oxygens (including phenoxy) is 1. The van der Waals surface area contributed by atoms with E-state index in [1.54, 1.807) is 23.8 Å². The molecule has 0 amide bonds. The number of nitro benzene ring substituents is 1. The molecule has 3 heterocycles. The first kappa shape index (κ1) is 25.2. The smallest absolute Gasteiger partial charge is 0.279 e. The molecule has 11 nitrogen and oxygen atoms in total. The summed E-state index contributed by atoms with van der Waals surface area (Å²) in [6.07, 6.45) is 5.36. The van der Waals surface area contributed by atoms with Gasteiger partial charge >= 0.3 is 0 Å². The second kappa shape index (κ2) is 10.8. The van der Waals surface area contributed by atoms with E-state index < -0.39 is 14.9 Å². The summed E-state index contributed by atoms with van der Waals surface area (Å²) < 4.78 is 36.1. The predicted molar refractivity (Wildman–Crippen MR) is 134 cm³/mol. The van der Waals surface area contributed by atoms with E-state index >= 15 is 0 Å².